The maximum absolute atomic E-state index is 6.75. The van der Waals surface area contributed by atoms with E-state index in [4.69, 9.17) is 8.83 Å². The SMILES string of the molecule is CC1(C)c2ccccc2-c2ccc(-c3ccc4c(-c5cccc6c5oc5ccccc56)c5ccccc5c(-c5cccc6c5oc5ccccc56)c4c3)cc21. The first-order valence-electron chi connectivity index (χ1n) is 19.1. The Morgan fingerprint density at radius 3 is 1.44 bits per heavy atom. The van der Waals surface area contributed by atoms with Gasteiger partial charge in [-0.25, -0.2) is 0 Å². The molecule has 258 valence electrons. The summed E-state index contributed by atoms with van der Waals surface area (Å²) in [5.74, 6) is 0. The quantitative estimate of drug-likeness (QED) is 0.171. The zero-order chi connectivity index (χ0) is 36.4. The molecule has 0 unspecified atom stereocenters. The number of hydrogen-bond acceptors (Lipinski definition) is 2. The van der Waals surface area contributed by atoms with Crippen LogP contribution in [0.3, 0.4) is 0 Å². The molecule has 9 aromatic carbocycles. The van der Waals surface area contributed by atoms with Gasteiger partial charge in [0, 0.05) is 49.2 Å². The first-order chi connectivity index (χ1) is 27.0. The second-order valence-corrected chi connectivity index (χ2v) is 15.5. The molecule has 0 atom stereocenters. The molecule has 2 heterocycles. The van der Waals surface area contributed by atoms with Crippen molar-refractivity contribution in [1.82, 2.24) is 0 Å². The molecule has 2 aromatic heterocycles. The minimum absolute atomic E-state index is 0.0878. The van der Waals surface area contributed by atoms with Crippen LogP contribution in [0.2, 0.25) is 0 Å². The van der Waals surface area contributed by atoms with Crippen molar-refractivity contribution < 1.29 is 8.83 Å². The van der Waals surface area contributed by atoms with E-state index >= 15 is 0 Å². The molecule has 2 heteroatoms. The monoisotopic (exact) mass is 702 g/mol. The molecular formula is C53H34O2. The van der Waals surface area contributed by atoms with Crippen LogP contribution in [0.25, 0.3) is 110 Å². The molecule has 0 radical (unpaired) electrons. The summed E-state index contributed by atoms with van der Waals surface area (Å²) in [5, 5.41) is 9.21. The predicted octanol–water partition coefficient (Wildman–Crippen LogP) is 15.1. The van der Waals surface area contributed by atoms with E-state index in [1.807, 2.05) is 12.1 Å². The predicted molar refractivity (Wildman–Crippen MR) is 230 cm³/mol. The highest BCUT2D eigenvalue weighted by molar-refractivity contribution is 6.26. The van der Waals surface area contributed by atoms with Gasteiger partial charge in [-0.05, 0) is 79.2 Å². The third-order valence-electron chi connectivity index (χ3n) is 12.3. The molecular weight excluding hydrogens is 669 g/mol. The summed E-state index contributed by atoms with van der Waals surface area (Å²) in [6.07, 6.45) is 0. The Hall–Kier alpha value is -6.90. The van der Waals surface area contributed by atoms with Gasteiger partial charge < -0.3 is 8.83 Å². The van der Waals surface area contributed by atoms with E-state index in [-0.39, 0.29) is 5.41 Å². The summed E-state index contributed by atoms with van der Waals surface area (Å²) in [5.41, 5.74) is 15.9. The average Bonchev–Trinajstić information content (AvgIpc) is 3.88. The maximum atomic E-state index is 6.75. The summed E-state index contributed by atoms with van der Waals surface area (Å²) in [6, 6.07) is 61.7. The van der Waals surface area contributed by atoms with Crippen LogP contribution in [-0.2, 0) is 5.41 Å². The van der Waals surface area contributed by atoms with Crippen molar-refractivity contribution in [3.63, 3.8) is 0 Å². The lowest BCUT2D eigenvalue weighted by Gasteiger charge is -2.22. The molecule has 0 fully saturated rings. The summed E-state index contributed by atoms with van der Waals surface area (Å²) >= 11 is 0. The molecule has 0 N–H and O–H groups in total. The Morgan fingerprint density at radius 1 is 0.327 bits per heavy atom. The van der Waals surface area contributed by atoms with Gasteiger partial charge >= 0.3 is 0 Å². The Morgan fingerprint density at radius 2 is 0.782 bits per heavy atom. The van der Waals surface area contributed by atoms with Crippen molar-refractivity contribution in [3.05, 3.63) is 181 Å². The Kier molecular flexibility index (Phi) is 6.15. The fourth-order valence-electron chi connectivity index (χ4n) is 9.71. The second kappa shape index (κ2) is 11.1. The molecule has 1 aliphatic rings. The molecule has 1 aliphatic carbocycles. The molecule has 2 nitrogen and oxygen atoms in total. The smallest absolute Gasteiger partial charge is 0.143 e. The van der Waals surface area contributed by atoms with E-state index < -0.39 is 0 Å². The highest BCUT2D eigenvalue weighted by Gasteiger charge is 2.35. The highest BCUT2D eigenvalue weighted by Crippen LogP contribution is 2.52. The largest absolute Gasteiger partial charge is 0.455 e. The number of furan rings is 2. The van der Waals surface area contributed by atoms with Gasteiger partial charge in [0.05, 0.1) is 0 Å². The summed E-state index contributed by atoms with van der Waals surface area (Å²) < 4.78 is 13.5. The lowest BCUT2D eigenvalue weighted by atomic mass is 9.81. The van der Waals surface area contributed by atoms with Crippen molar-refractivity contribution in [1.29, 1.82) is 0 Å². The van der Waals surface area contributed by atoms with Crippen LogP contribution < -0.4 is 0 Å². The van der Waals surface area contributed by atoms with Crippen LogP contribution >= 0.6 is 0 Å². The van der Waals surface area contributed by atoms with Crippen LogP contribution in [-0.4, -0.2) is 0 Å². The molecule has 11 aromatic rings. The van der Waals surface area contributed by atoms with Gasteiger partial charge in [-0.3, -0.25) is 0 Å². The van der Waals surface area contributed by atoms with Gasteiger partial charge in [-0.1, -0.05) is 159 Å². The molecule has 0 bridgehead atoms. The number of fused-ring (bicyclic) bond motifs is 11. The molecule has 55 heavy (non-hydrogen) atoms. The third-order valence-corrected chi connectivity index (χ3v) is 12.3. The van der Waals surface area contributed by atoms with Crippen LogP contribution in [0.1, 0.15) is 25.0 Å². The van der Waals surface area contributed by atoms with Gasteiger partial charge in [0.2, 0.25) is 0 Å². The Balaban J connectivity index is 1.20. The summed E-state index contributed by atoms with van der Waals surface area (Å²) in [6.45, 7) is 4.70. The normalized spacial score (nSPS) is 13.4. The minimum atomic E-state index is -0.0878. The lowest BCUT2D eigenvalue weighted by molar-refractivity contribution is 0.660. The number of para-hydroxylation sites is 4. The molecule has 0 amide bonds. The minimum Gasteiger partial charge on any atom is -0.455 e. The van der Waals surface area contributed by atoms with Gasteiger partial charge in [0.25, 0.3) is 0 Å². The van der Waals surface area contributed by atoms with Gasteiger partial charge in [0.15, 0.2) is 0 Å². The van der Waals surface area contributed by atoms with Gasteiger partial charge in [-0.2, -0.15) is 0 Å². The van der Waals surface area contributed by atoms with Crippen molar-refractivity contribution in [2.45, 2.75) is 19.3 Å². The van der Waals surface area contributed by atoms with Crippen LogP contribution in [0.5, 0.6) is 0 Å². The lowest BCUT2D eigenvalue weighted by Crippen LogP contribution is -2.14. The van der Waals surface area contributed by atoms with Gasteiger partial charge in [-0.15, -0.1) is 0 Å². The fourth-order valence-corrected chi connectivity index (χ4v) is 9.71. The topological polar surface area (TPSA) is 26.3 Å². The van der Waals surface area contributed by atoms with E-state index in [0.717, 1.165) is 55.0 Å². The van der Waals surface area contributed by atoms with Crippen molar-refractivity contribution in [2.75, 3.05) is 0 Å². The van der Waals surface area contributed by atoms with E-state index in [0.29, 0.717) is 0 Å². The van der Waals surface area contributed by atoms with E-state index in [1.165, 1.54) is 66.1 Å². The second-order valence-electron chi connectivity index (χ2n) is 15.5. The molecule has 0 aliphatic heterocycles. The van der Waals surface area contributed by atoms with Crippen LogP contribution in [0, 0.1) is 0 Å². The third kappa shape index (κ3) is 4.20. The van der Waals surface area contributed by atoms with Crippen molar-refractivity contribution in [2.24, 2.45) is 0 Å². The maximum Gasteiger partial charge on any atom is 0.143 e. The fraction of sp³-hybridized carbons (Fsp3) is 0.0566. The Bertz CT molecular complexity index is 3410. The Labute approximate surface area is 317 Å². The molecule has 12 rings (SSSR count). The zero-order valence-corrected chi connectivity index (χ0v) is 30.5. The van der Waals surface area contributed by atoms with Gasteiger partial charge in [0.1, 0.15) is 22.3 Å². The van der Waals surface area contributed by atoms with E-state index in [2.05, 4.69) is 172 Å². The van der Waals surface area contributed by atoms with Crippen LogP contribution in [0.15, 0.2) is 179 Å². The summed E-state index contributed by atoms with van der Waals surface area (Å²) in [7, 11) is 0. The first kappa shape index (κ1) is 30.6. The highest BCUT2D eigenvalue weighted by atomic mass is 16.3. The number of benzene rings is 9. The van der Waals surface area contributed by atoms with Crippen molar-refractivity contribution in [3.8, 4) is 44.5 Å². The summed E-state index contributed by atoms with van der Waals surface area (Å²) in [4.78, 5) is 0. The molecule has 0 saturated heterocycles. The standard InChI is InChI=1S/C53H34O2/c1-53(2)45-22-8-5-13-33(45)34-27-25-32(30-46(34)53)31-26-28-39-44(29-31)50(43-21-12-19-41-36-15-7-10-24-48(36)55-52(41)43)38-17-4-3-16-37(38)49(39)42-20-11-18-40-35-14-6-9-23-47(35)54-51(40)42/h3-30H,1-2H3. The van der Waals surface area contributed by atoms with E-state index in [9.17, 15) is 0 Å². The average molecular weight is 703 g/mol. The first-order valence-corrected chi connectivity index (χ1v) is 19.1. The van der Waals surface area contributed by atoms with Crippen molar-refractivity contribution >= 4 is 65.4 Å². The van der Waals surface area contributed by atoms with E-state index in [1.54, 1.807) is 0 Å². The zero-order valence-electron chi connectivity index (χ0n) is 30.5. The molecule has 0 saturated carbocycles. The van der Waals surface area contributed by atoms with Crippen LogP contribution in [0.4, 0.5) is 0 Å². The molecule has 0 spiro atoms. The number of hydrogen-bond donors (Lipinski definition) is 0. The number of rotatable bonds is 3.